The van der Waals surface area contributed by atoms with Crippen molar-refractivity contribution in [2.24, 2.45) is 5.92 Å². The molecule has 8 nitrogen and oxygen atoms in total. The van der Waals surface area contributed by atoms with E-state index in [0.717, 1.165) is 11.3 Å². The number of hydrogen-bond acceptors (Lipinski definition) is 6. The minimum absolute atomic E-state index is 0.0908. The molecule has 170 valence electrons. The molecule has 5 rings (SSSR count). The van der Waals surface area contributed by atoms with Crippen molar-refractivity contribution in [1.82, 2.24) is 0 Å². The molecule has 1 unspecified atom stereocenters. The lowest BCUT2D eigenvalue weighted by molar-refractivity contribution is -0.122. The first-order valence-corrected chi connectivity index (χ1v) is 10.9. The summed E-state index contributed by atoms with van der Waals surface area (Å²) in [6.45, 7) is 2.07. The summed E-state index contributed by atoms with van der Waals surface area (Å²) in [7, 11) is 0. The molecule has 3 aromatic rings. The molecule has 1 N–H and O–H groups in total. The van der Waals surface area contributed by atoms with Crippen LogP contribution in [0.25, 0.3) is 0 Å². The minimum Gasteiger partial charge on any atom is -0.486 e. The van der Waals surface area contributed by atoms with Gasteiger partial charge in [-0.3, -0.25) is 9.59 Å². The van der Waals surface area contributed by atoms with Gasteiger partial charge in [0, 0.05) is 30.4 Å². The Kier molecular flexibility index (Phi) is 5.99. The molecule has 3 heterocycles. The zero-order valence-corrected chi connectivity index (χ0v) is 18.0. The zero-order valence-electron chi connectivity index (χ0n) is 18.0. The van der Waals surface area contributed by atoms with Crippen molar-refractivity contribution in [2.45, 2.75) is 19.6 Å². The Bertz CT molecular complexity index is 1140. The van der Waals surface area contributed by atoms with E-state index in [-0.39, 0.29) is 18.2 Å². The van der Waals surface area contributed by atoms with Gasteiger partial charge in [-0.1, -0.05) is 12.1 Å². The number of carbonyl (C=O) groups is 2. The Morgan fingerprint density at radius 3 is 2.76 bits per heavy atom. The van der Waals surface area contributed by atoms with Crippen LogP contribution in [0, 0.1) is 5.92 Å². The smallest absolute Gasteiger partial charge is 0.229 e. The van der Waals surface area contributed by atoms with Crippen LogP contribution in [0.15, 0.2) is 65.3 Å². The summed E-state index contributed by atoms with van der Waals surface area (Å²) in [5.74, 6) is 1.32. The molecule has 1 saturated heterocycles. The van der Waals surface area contributed by atoms with Crippen LogP contribution in [0.1, 0.15) is 17.7 Å². The van der Waals surface area contributed by atoms with Crippen LogP contribution in [0.4, 0.5) is 11.4 Å². The molecule has 0 aliphatic carbocycles. The number of carbonyl (C=O) groups excluding carboxylic acids is 2. The van der Waals surface area contributed by atoms with Gasteiger partial charge < -0.3 is 28.8 Å². The molecule has 2 aliphatic rings. The Morgan fingerprint density at radius 2 is 1.91 bits per heavy atom. The molecule has 0 saturated carbocycles. The van der Waals surface area contributed by atoms with Gasteiger partial charge >= 0.3 is 0 Å². The van der Waals surface area contributed by atoms with Crippen molar-refractivity contribution in [3.8, 4) is 11.5 Å². The number of furan rings is 1. The Balaban J connectivity index is 1.19. The van der Waals surface area contributed by atoms with E-state index in [1.807, 2.05) is 42.5 Å². The quantitative estimate of drug-likeness (QED) is 0.592. The third-order valence-electron chi connectivity index (χ3n) is 5.62. The van der Waals surface area contributed by atoms with Gasteiger partial charge in [-0.25, -0.2) is 0 Å². The Hall–Kier alpha value is -3.78. The average Bonchev–Trinajstić information content (AvgIpc) is 3.49. The van der Waals surface area contributed by atoms with Gasteiger partial charge in [0.2, 0.25) is 11.8 Å². The maximum Gasteiger partial charge on any atom is 0.229 e. The maximum atomic E-state index is 12.9. The van der Waals surface area contributed by atoms with Crippen molar-refractivity contribution in [1.29, 1.82) is 0 Å². The Labute approximate surface area is 191 Å². The topological polar surface area (TPSA) is 90.2 Å². The molecular weight excluding hydrogens is 424 g/mol. The van der Waals surface area contributed by atoms with Gasteiger partial charge in [-0.05, 0) is 42.0 Å². The van der Waals surface area contributed by atoms with Crippen LogP contribution < -0.4 is 19.7 Å². The van der Waals surface area contributed by atoms with Crippen molar-refractivity contribution in [2.75, 3.05) is 30.0 Å². The second-order valence-electron chi connectivity index (χ2n) is 8.00. The highest BCUT2D eigenvalue weighted by molar-refractivity contribution is 6.03. The van der Waals surface area contributed by atoms with Crippen molar-refractivity contribution >= 4 is 23.2 Å². The summed E-state index contributed by atoms with van der Waals surface area (Å²) >= 11 is 0. The molecule has 1 atom stereocenters. The molecule has 8 heteroatoms. The number of rotatable bonds is 7. The predicted molar refractivity (Wildman–Crippen MR) is 120 cm³/mol. The number of ether oxygens (including phenoxy) is 3. The third-order valence-corrected chi connectivity index (χ3v) is 5.62. The van der Waals surface area contributed by atoms with Gasteiger partial charge in [0.15, 0.2) is 11.5 Å². The third kappa shape index (κ3) is 4.85. The summed E-state index contributed by atoms with van der Waals surface area (Å²) in [5.41, 5.74) is 2.30. The van der Waals surface area contributed by atoms with Gasteiger partial charge in [-0.15, -0.1) is 0 Å². The second kappa shape index (κ2) is 9.38. The molecule has 1 fully saturated rings. The van der Waals surface area contributed by atoms with E-state index in [1.54, 1.807) is 23.3 Å². The van der Waals surface area contributed by atoms with Gasteiger partial charge in [0.25, 0.3) is 0 Å². The highest BCUT2D eigenvalue weighted by Crippen LogP contribution is 2.36. The number of benzene rings is 2. The van der Waals surface area contributed by atoms with Crippen molar-refractivity contribution < 1.29 is 28.2 Å². The fourth-order valence-electron chi connectivity index (χ4n) is 3.98. The van der Waals surface area contributed by atoms with Crippen LogP contribution in [0.2, 0.25) is 0 Å². The molecule has 0 spiro atoms. The second-order valence-corrected chi connectivity index (χ2v) is 8.00. The van der Waals surface area contributed by atoms with Gasteiger partial charge in [0.05, 0.1) is 18.8 Å². The number of nitrogens with one attached hydrogen (secondary N) is 1. The molecule has 2 aromatic carbocycles. The minimum atomic E-state index is -0.440. The lowest BCUT2D eigenvalue weighted by Gasteiger charge is -2.22. The predicted octanol–water partition coefficient (Wildman–Crippen LogP) is 3.76. The summed E-state index contributed by atoms with van der Waals surface area (Å²) in [5, 5.41) is 2.93. The SMILES string of the molecule is O=C(Nc1cccc(COCc2ccco2)c1)C1CC(=O)N(c2ccc3c(c2)OCCO3)C1. The normalized spacial score (nSPS) is 17.3. The van der Waals surface area contributed by atoms with Crippen LogP contribution in [-0.4, -0.2) is 31.6 Å². The highest BCUT2D eigenvalue weighted by Gasteiger charge is 2.35. The van der Waals surface area contributed by atoms with E-state index in [1.165, 1.54) is 0 Å². The maximum absolute atomic E-state index is 12.9. The highest BCUT2D eigenvalue weighted by atomic mass is 16.6. The van der Waals surface area contributed by atoms with E-state index in [2.05, 4.69) is 5.32 Å². The molecule has 1 aromatic heterocycles. The number of anilines is 2. The zero-order chi connectivity index (χ0) is 22.6. The number of fused-ring (bicyclic) bond motifs is 1. The molecule has 33 heavy (non-hydrogen) atoms. The fraction of sp³-hybridized carbons (Fsp3) is 0.280. The van der Waals surface area contributed by atoms with Crippen LogP contribution in [0.5, 0.6) is 11.5 Å². The van der Waals surface area contributed by atoms with Crippen molar-refractivity contribution in [3.05, 3.63) is 72.2 Å². The molecule has 2 amide bonds. The first-order valence-electron chi connectivity index (χ1n) is 10.9. The van der Waals surface area contributed by atoms with Crippen LogP contribution in [-0.2, 0) is 27.5 Å². The first-order chi connectivity index (χ1) is 16.2. The first kappa shape index (κ1) is 21.1. The Morgan fingerprint density at radius 1 is 1.03 bits per heavy atom. The molecule has 2 aliphatic heterocycles. The van der Waals surface area contributed by atoms with E-state index >= 15 is 0 Å². The number of nitrogens with zero attached hydrogens (tertiary/aromatic N) is 1. The molecular formula is C25H24N2O6. The van der Waals surface area contributed by atoms with E-state index in [4.69, 9.17) is 18.6 Å². The van der Waals surface area contributed by atoms with Crippen LogP contribution in [0.3, 0.4) is 0 Å². The summed E-state index contributed by atoms with van der Waals surface area (Å²) < 4.78 is 22.1. The number of amides is 2. The lowest BCUT2D eigenvalue weighted by Crippen LogP contribution is -2.28. The molecule has 0 radical (unpaired) electrons. The standard InChI is InChI=1S/C25H24N2O6/c28-24-12-18(14-27(24)20-6-7-22-23(13-20)33-10-9-32-22)25(29)26-19-4-1-3-17(11-19)15-30-16-21-5-2-8-31-21/h1-8,11,13,18H,9-10,12,14-16H2,(H,26,29). The summed E-state index contributed by atoms with van der Waals surface area (Å²) in [4.78, 5) is 27.1. The summed E-state index contributed by atoms with van der Waals surface area (Å²) in [6, 6.07) is 16.6. The van der Waals surface area contributed by atoms with E-state index < -0.39 is 5.92 Å². The number of hydrogen-bond donors (Lipinski definition) is 1. The van der Waals surface area contributed by atoms with E-state index in [0.29, 0.717) is 55.8 Å². The van der Waals surface area contributed by atoms with Crippen LogP contribution >= 0.6 is 0 Å². The summed E-state index contributed by atoms with van der Waals surface area (Å²) in [6.07, 6.45) is 1.77. The lowest BCUT2D eigenvalue weighted by atomic mass is 10.1. The van der Waals surface area contributed by atoms with Gasteiger partial charge in [-0.2, -0.15) is 0 Å². The largest absolute Gasteiger partial charge is 0.486 e. The van der Waals surface area contributed by atoms with Crippen molar-refractivity contribution in [3.63, 3.8) is 0 Å². The average molecular weight is 448 g/mol. The fourth-order valence-corrected chi connectivity index (χ4v) is 3.98. The monoisotopic (exact) mass is 448 g/mol. The van der Waals surface area contributed by atoms with E-state index in [9.17, 15) is 9.59 Å². The molecule has 0 bridgehead atoms. The van der Waals surface area contributed by atoms with Gasteiger partial charge in [0.1, 0.15) is 25.6 Å².